The van der Waals surface area contributed by atoms with Crippen LogP contribution >= 0.6 is 0 Å². The molecule has 6 bridgehead atoms. The zero-order valence-electron chi connectivity index (χ0n) is 40.6. The lowest BCUT2D eigenvalue weighted by atomic mass is 9.84. The zero-order valence-corrected chi connectivity index (χ0v) is 41.4. The number of aromatic nitrogens is 2. The van der Waals surface area contributed by atoms with E-state index in [1.54, 1.807) is 51.2 Å². The number of likely N-dealkylation sites (N-methyl/N-ethyl adjacent to an activating group) is 2. The molecule has 2 unspecified atom stereocenters. The summed E-state index contributed by atoms with van der Waals surface area (Å²) in [6.07, 6.45) is 2.89. The van der Waals surface area contributed by atoms with Crippen molar-refractivity contribution in [3.05, 3.63) is 71.5 Å². The molecule has 366 valence electrons. The van der Waals surface area contributed by atoms with Gasteiger partial charge in [-0.1, -0.05) is 39.8 Å². The Morgan fingerprint density at radius 1 is 1.07 bits per heavy atom. The number of nitrogens with one attached hydrogen (secondary N) is 2. The number of fused-ring (bicyclic) bond motifs is 6. The van der Waals surface area contributed by atoms with Gasteiger partial charge >= 0.3 is 5.97 Å². The summed E-state index contributed by atoms with van der Waals surface area (Å²) >= 11 is 0. The minimum Gasteiger partial charge on any atom is -0.508 e. The number of rotatable bonds is 11. The van der Waals surface area contributed by atoms with Crippen LogP contribution in [0.3, 0.4) is 0 Å². The number of cyclic esters (lactones) is 1. The van der Waals surface area contributed by atoms with Crippen molar-refractivity contribution >= 4 is 44.6 Å². The third-order valence-electron chi connectivity index (χ3n) is 14.0. The Kier molecular flexibility index (Phi) is 13.8. The van der Waals surface area contributed by atoms with Gasteiger partial charge in [-0.2, -0.15) is 4.31 Å². The standard InChI is InChI=1S/C50H66N8O9S/c1-10-57-41-16-15-32-23-37(41)38(45(57)36-13-11-17-51-43(36)30(4)66-9)24-50(5,6)28-67-49(63)39-14-12-18-58(53-39)48(62)40(21-31-19-33(32)22-35(59)20-31)52-46(60)44(29(2)3)55(8)47(61)34-25-56(26-34)68(64,65)42-27-54(42)7/h11,13,15-17,19-20,22-23,29-30,34,39-40,42,44,53,59H,10,12,14,18,21,24-28H2,1-9H3,(H,52,60)/t30-,39-,40-,42-,44?,54?/m0/s1. The number of carbonyl (C=O) groups excluding carboxylic acids is 4. The average Bonchev–Trinajstić information content (AvgIpc) is 3.97. The largest absolute Gasteiger partial charge is 0.508 e. The van der Waals surface area contributed by atoms with E-state index in [1.807, 2.05) is 25.1 Å². The minimum absolute atomic E-state index is 0.0274. The molecule has 2 aromatic carbocycles. The van der Waals surface area contributed by atoms with Crippen LogP contribution in [0.5, 0.6) is 5.75 Å². The number of hydrogen-bond donors (Lipinski definition) is 3. The summed E-state index contributed by atoms with van der Waals surface area (Å²) in [5.74, 6) is -2.97. The normalized spacial score (nSPS) is 23.4. The van der Waals surface area contributed by atoms with Gasteiger partial charge in [-0.3, -0.25) is 34.1 Å². The number of hydrogen-bond acceptors (Lipinski definition) is 12. The molecule has 3 saturated heterocycles. The lowest BCUT2D eigenvalue weighted by Gasteiger charge is -2.41. The molecule has 3 N–H and O–H groups in total. The molecule has 0 radical (unpaired) electrons. The monoisotopic (exact) mass is 954 g/mol. The van der Waals surface area contributed by atoms with Gasteiger partial charge in [-0.25, -0.2) is 13.8 Å². The van der Waals surface area contributed by atoms with Crippen LogP contribution in [0.2, 0.25) is 0 Å². The molecule has 6 atom stereocenters. The van der Waals surface area contributed by atoms with Crippen molar-refractivity contribution in [3.8, 4) is 28.1 Å². The first-order valence-electron chi connectivity index (χ1n) is 23.7. The quantitative estimate of drug-likeness (QED) is 0.141. The Balaban J connectivity index is 1.17. The molecule has 4 aliphatic heterocycles. The Bertz CT molecular complexity index is 2720. The fraction of sp³-hybridized carbons (Fsp3) is 0.540. The summed E-state index contributed by atoms with van der Waals surface area (Å²) in [7, 11) is 1.38. The molecule has 68 heavy (non-hydrogen) atoms. The first-order chi connectivity index (χ1) is 32.2. The number of pyridine rings is 1. The van der Waals surface area contributed by atoms with Crippen LogP contribution in [-0.4, -0.2) is 143 Å². The van der Waals surface area contributed by atoms with Crippen molar-refractivity contribution in [1.82, 2.24) is 39.4 Å². The van der Waals surface area contributed by atoms with E-state index < -0.39 is 68.6 Å². The van der Waals surface area contributed by atoms with Crippen molar-refractivity contribution in [3.63, 3.8) is 0 Å². The summed E-state index contributed by atoms with van der Waals surface area (Å²) in [4.78, 5) is 64.9. The van der Waals surface area contributed by atoms with Crippen LogP contribution < -0.4 is 10.7 Å². The van der Waals surface area contributed by atoms with Crippen LogP contribution in [0.25, 0.3) is 33.3 Å². The van der Waals surface area contributed by atoms with Crippen molar-refractivity contribution in [2.75, 3.05) is 54.0 Å². The predicted molar refractivity (Wildman–Crippen MR) is 257 cm³/mol. The number of aryl methyl sites for hydroxylation is 1. The van der Waals surface area contributed by atoms with E-state index in [0.29, 0.717) is 43.5 Å². The van der Waals surface area contributed by atoms with Crippen LogP contribution in [0.1, 0.15) is 77.3 Å². The topological polar surface area (TPSA) is 196 Å². The van der Waals surface area contributed by atoms with E-state index in [1.165, 1.54) is 21.3 Å². The molecule has 17 nitrogen and oxygen atoms in total. The molecule has 3 amide bonds. The van der Waals surface area contributed by atoms with Gasteiger partial charge in [-0.05, 0) is 105 Å². The highest BCUT2D eigenvalue weighted by Crippen LogP contribution is 2.42. The number of ether oxygens (including phenoxy) is 2. The molecular weight excluding hydrogens is 889 g/mol. The number of sulfonamides is 1. The van der Waals surface area contributed by atoms with Gasteiger partial charge < -0.3 is 29.4 Å². The maximum absolute atomic E-state index is 14.7. The smallest absolute Gasteiger partial charge is 0.324 e. The Morgan fingerprint density at radius 3 is 2.49 bits per heavy atom. The fourth-order valence-electron chi connectivity index (χ4n) is 10.2. The van der Waals surface area contributed by atoms with E-state index in [0.717, 1.165) is 39.0 Å². The molecule has 18 heteroatoms. The number of nitrogens with zero attached hydrogens (tertiary/aromatic N) is 6. The van der Waals surface area contributed by atoms with Crippen LogP contribution in [-0.2, 0) is 58.1 Å². The second-order valence-corrected chi connectivity index (χ2v) is 22.2. The summed E-state index contributed by atoms with van der Waals surface area (Å²) < 4.78 is 41.4. The number of benzene rings is 2. The number of esters is 1. The molecule has 0 saturated carbocycles. The molecular formula is C50H66N8O9S. The SMILES string of the molecule is CCn1c(-c2cccnc2[C@H](C)OC)c2c3cc(ccc31)-c1cc(O)cc(c1)C[C@H](NC(=O)C(C(C)C)N(C)C(=O)C1CN(S(=O)(=O)[C@H]3CN3C)C1)C(=O)N1CCC[C@H](N1)C(=O)OCC(C)(C)C2. The maximum atomic E-state index is 14.7. The molecule has 0 aliphatic carbocycles. The molecule has 6 heterocycles. The van der Waals surface area contributed by atoms with Gasteiger partial charge in [0.2, 0.25) is 21.8 Å². The zero-order chi connectivity index (χ0) is 49.0. The maximum Gasteiger partial charge on any atom is 0.324 e. The van der Waals surface area contributed by atoms with E-state index in [4.69, 9.17) is 14.5 Å². The Morgan fingerprint density at radius 2 is 1.81 bits per heavy atom. The predicted octanol–water partition coefficient (Wildman–Crippen LogP) is 4.47. The lowest BCUT2D eigenvalue weighted by molar-refractivity contribution is -0.155. The van der Waals surface area contributed by atoms with Crippen molar-refractivity contribution in [2.45, 2.75) is 103 Å². The number of carbonyl (C=O) groups is 4. The van der Waals surface area contributed by atoms with Crippen molar-refractivity contribution < 1.29 is 42.2 Å². The van der Waals surface area contributed by atoms with Gasteiger partial charge in [0.25, 0.3) is 5.91 Å². The first-order valence-corrected chi connectivity index (χ1v) is 25.2. The summed E-state index contributed by atoms with van der Waals surface area (Å²) in [6, 6.07) is 12.3. The third-order valence-corrected chi connectivity index (χ3v) is 16.3. The van der Waals surface area contributed by atoms with Crippen LogP contribution in [0.4, 0.5) is 0 Å². The number of methoxy groups -OCH3 is 1. The van der Waals surface area contributed by atoms with Gasteiger partial charge in [-0.15, -0.1) is 0 Å². The number of aromatic hydroxyl groups is 1. The first kappa shape index (κ1) is 49.0. The number of phenolic OH excluding ortho intramolecular Hbond substituents is 1. The number of phenols is 1. The van der Waals surface area contributed by atoms with Gasteiger partial charge in [0.05, 0.1) is 30.0 Å². The van der Waals surface area contributed by atoms with Crippen LogP contribution in [0, 0.1) is 17.3 Å². The van der Waals surface area contributed by atoms with E-state index in [2.05, 4.69) is 54.3 Å². The highest BCUT2D eigenvalue weighted by molar-refractivity contribution is 7.90. The Labute approximate surface area is 399 Å². The van der Waals surface area contributed by atoms with Crippen molar-refractivity contribution in [2.24, 2.45) is 17.3 Å². The molecule has 0 spiro atoms. The highest BCUT2D eigenvalue weighted by Gasteiger charge is 2.51. The van der Waals surface area contributed by atoms with Gasteiger partial charge in [0.15, 0.2) is 0 Å². The summed E-state index contributed by atoms with van der Waals surface area (Å²) in [6.45, 7) is 13.3. The molecule has 8 rings (SSSR count). The highest BCUT2D eigenvalue weighted by atomic mass is 32.2. The minimum atomic E-state index is -3.55. The lowest BCUT2D eigenvalue weighted by Crippen LogP contribution is -2.63. The number of hydrazine groups is 1. The molecule has 4 aliphatic rings. The van der Waals surface area contributed by atoms with E-state index in [9.17, 15) is 32.7 Å². The number of amides is 3. The second kappa shape index (κ2) is 19.2. The van der Waals surface area contributed by atoms with Gasteiger partial charge in [0.1, 0.15) is 29.2 Å². The van der Waals surface area contributed by atoms with Crippen LogP contribution in [0.15, 0.2) is 54.7 Å². The molecule has 4 aromatic rings. The Hall–Kier alpha value is -5.40. The fourth-order valence-corrected chi connectivity index (χ4v) is 12.2. The summed E-state index contributed by atoms with van der Waals surface area (Å²) in [5.41, 5.74) is 9.41. The second-order valence-electron chi connectivity index (χ2n) is 20.1. The third kappa shape index (κ3) is 9.62. The molecule has 3 fully saturated rings. The average molecular weight is 955 g/mol. The van der Waals surface area contributed by atoms with Gasteiger partial charge in [0, 0.05) is 81.4 Å². The summed E-state index contributed by atoms with van der Waals surface area (Å²) in [5, 5.41) is 16.1. The molecule has 2 aromatic heterocycles. The van der Waals surface area contributed by atoms with E-state index in [-0.39, 0.29) is 50.4 Å². The van der Waals surface area contributed by atoms with Crippen molar-refractivity contribution in [1.29, 1.82) is 0 Å². The van der Waals surface area contributed by atoms with E-state index >= 15 is 0 Å².